The van der Waals surface area contributed by atoms with Crippen molar-refractivity contribution < 1.29 is 17.9 Å². The lowest BCUT2D eigenvalue weighted by molar-refractivity contribution is -0.137. The van der Waals surface area contributed by atoms with E-state index in [2.05, 4.69) is 0 Å². The Morgan fingerprint density at radius 1 is 1.47 bits per heavy atom. The van der Waals surface area contributed by atoms with Gasteiger partial charge in [-0.15, -0.1) is 0 Å². The molecule has 19 heavy (non-hydrogen) atoms. The lowest BCUT2D eigenvalue weighted by Gasteiger charge is -2.49. The number of methoxy groups -OCH3 is 1. The molecule has 2 aliphatic rings. The van der Waals surface area contributed by atoms with Crippen LogP contribution in [0.5, 0.6) is 0 Å². The number of hydrogen-bond acceptors (Lipinski definition) is 4. The quantitative estimate of drug-likeness (QED) is 0.748. The topological polar surface area (TPSA) is 59.1 Å². The second-order valence-corrected chi connectivity index (χ2v) is 7.81. The smallest absolute Gasteiger partial charge is 0.281 e. The average Bonchev–Trinajstić information content (AvgIpc) is 2.38. The molecule has 2 saturated heterocycles. The summed E-state index contributed by atoms with van der Waals surface area (Å²) in [4.78, 5) is 0. The number of piperidine rings is 1. The molecule has 0 aromatic heterocycles. The molecule has 0 saturated carbocycles. The molecule has 0 aromatic carbocycles. The van der Waals surface area contributed by atoms with Crippen LogP contribution in [0.25, 0.3) is 0 Å². The highest BCUT2D eigenvalue weighted by Crippen LogP contribution is 2.41. The second kappa shape index (κ2) is 5.65. The molecule has 0 unspecified atom stereocenters. The number of nitrogens with zero attached hydrogens (tertiary/aromatic N) is 2. The van der Waals surface area contributed by atoms with Gasteiger partial charge in [0.15, 0.2) is 0 Å². The number of hydrogen-bond donors (Lipinski definition) is 0. The van der Waals surface area contributed by atoms with Gasteiger partial charge in [-0.05, 0) is 19.3 Å². The Labute approximate surface area is 115 Å². The van der Waals surface area contributed by atoms with Gasteiger partial charge in [0.2, 0.25) is 0 Å². The fraction of sp³-hybridized carbons (Fsp3) is 1.00. The van der Waals surface area contributed by atoms with Gasteiger partial charge in [-0.3, -0.25) is 0 Å². The predicted octanol–water partition coefficient (Wildman–Crippen LogP) is 0.310. The molecule has 2 atom stereocenters. The predicted molar refractivity (Wildman–Crippen MR) is 72.1 cm³/mol. The average molecular weight is 292 g/mol. The first-order chi connectivity index (χ1) is 8.92. The minimum absolute atomic E-state index is 0.120. The molecule has 2 fully saturated rings. The molecular weight excluding hydrogens is 268 g/mol. The van der Waals surface area contributed by atoms with Gasteiger partial charge >= 0.3 is 0 Å². The van der Waals surface area contributed by atoms with Crippen LogP contribution in [-0.2, 0) is 19.7 Å². The fourth-order valence-corrected chi connectivity index (χ4v) is 4.39. The van der Waals surface area contributed by atoms with Crippen LogP contribution in [0.4, 0.5) is 0 Å². The van der Waals surface area contributed by atoms with Crippen LogP contribution in [-0.4, -0.2) is 70.6 Å². The van der Waals surface area contributed by atoms with Crippen molar-refractivity contribution in [1.82, 2.24) is 8.61 Å². The van der Waals surface area contributed by atoms with Crippen molar-refractivity contribution in [2.75, 3.05) is 47.5 Å². The van der Waals surface area contributed by atoms with Gasteiger partial charge < -0.3 is 9.47 Å². The highest BCUT2D eigenvalue weighted by molar-refractivity contribution is 7.86. The Bertz CT molecular complexity index is 408. The summed E-state index contributed by atoms with van der Waals surface area (Å²) in [6, 6.07) is 0. The number of ether oxygens (including phenoxy) is 2. The van der Waals surface area contributed by atoms with Crippen LogP contribution < -0.4 is 0 Å². The molecular formula is C12H24N2O4S. The molecule has 0 spiro atoms. The Morgan fingerprint density at radius 3 is 2.84 bits per heavy atom. The van der Waals surface area contributed by atoms with Gasteiger partial charge in [0.25, 0.3) is 10.2 Å². The lowest BCUT2D eigenvalue weighted by Crippen LogP contribution is -2.59. The minimum Gasteiger partial charge on any atom is -0.384 e. The summed E-state index contributed by atoms with van der Waals surface area (Å²) in [5, 5.41) is 0. The molecule has 112 valence electrons. The molecule has 6 nitrogen and oxygen atoms in total. The van der Waals surface area contributed by atoms with Gasteiger partial charge in [0.1, 0.15) is 0 Å². The maximum Gasteiger partial charge on any atom is 0.281 e. The van der Waals surface area contributed by atoms with Crippen molar-refractivity contribution in [2.45, 2.75) is 25.4 Å². The third kappa shape index (κ3) is 2.80. The normalized spacial score (nSPS) is 33.4. The van der Waals surface area contributed by atoms with E-state index in [1.54, 1.807) is 25.5 Å². The van der Waals surface area contributed by atoms with E-state index in [1.807, 2.05) is 0 Å². The molecule has 0 radical (unpaired) electrons. The van der Waals surface area contributed by atoms with Crippen molar-refractivity contribution >= 4 is 10.2 Å². The van der Waals surface area contributed by atoms with Crippen LogP contribution in [0.2, 0.25) is 0 Å². The van der Waals surface area contributed by atoms with Gasteiger partial charge in [-0.25, -0.2) is 0 Å². The summed E-state index contributed by atoms with van der Waals surface area (Å²) in [5.74, 6) is 0. The summed E-state index contributed by atoms with van der Waals surface area (Å²) in [7, 11) is 1.46. The van der Waals surface area contributed by atoms with Crippen molar-refractivity contribution in [2.24, 2.45) is 5.41 Å². The zero-order chi connectivity index (χ0) is 14.1. The standard InChI is InChI=1S/C12H24N2O4S/c1-13(2)19(15,16)14-7-5-11-12(9-14,10-17-3)6-4-8-18-11/h11H,4-10H2,1-3H3/t11-,12-/m0/s1. The first-order valence-electron chi connectivity index (χ1n) is 6.70. The third-order valence-electron chi connectivity index (χ3n) is 4.17. The maximum absolute atomic E-state index is 12.3. The van der Waals surface area contributed by atoms with E-state index in [0.29, 0.717) is 19.7 Å². The zero-order valence-electron chi connectivity index (χ0n) is 12.0. The van der Waals surface area contributed by atoms with Crippen molar-refractivity contribution in [3.8, 4) is 0 Å². The van der Waals surface area contributed by atoms with Crippen molar-refractivity contribution in [3.05, 3.63) is 0 Å². The summed E-state index contributed by atoms with van der Waals surface area (Å²) in [6.45, 7) is 2.34. The largest absolute Gasteiger partial charge is 0.384 e. The minimum atomic E-state index is -3.35. The number of fused-ring (bicyclic) bond motifs is 1. The van der Waals surface area contributed by atoms with Crippen molar-refractivity contribution in [3.63, 3.8) is 0 Å². The summed E-state index contributed by atoms with van der Waals surface area (Å²) in [6.07, 6.45) is 2.80. The lowest BCUT2D eigenvalue weighted by atomic mass is 9.73. The first kappa shape index (κ1) is 15.2. The van der Waals surface area contributed by atoms with E-state index in [1.165, 1.54) is 4.31 Å². The summed E-state index contributed by atoms with van der Waals surface area (Å²) < 4.78 is 38.6. The molecule has 0 aromatic rings. The van der Waals surface area contributed by atoms with Crippen LogP contribution in [0.15, 0.2) is 0 Å². The van der Waals surface area contributed by atoms with Gasteiger partial charge in [-0.1, -0.05) is 0 Å². The van der Waals surface area contributed by atoms with E-state index in [0.717, 1.165) is 25.9 Å². The van der Waals surface area contributed by atoms with Crippen LogP contribution >= 0.6 is 0 Å². The van der Waals surface area contributed by atoms with Crippen LogP contribution in [0, 0.1) is 5.41 Å². The Kier molecular flexibility index (Phi) is 4.52. The molecule has 0 bridgehead atoms. The molecule has 2 heterocycles. The highest BCUT2D eigenvalue weighted by Gasteiger charge is 2.48. The monoisotopic (exact) mass is 292 g/mol. The SMILES string of the molecule is COC[C@@]12CCCO[C@H]1CCN(S(=O)(=O)N(C)C)C2. The highest BCUT2D eigenvalue weighted by atomic mass is 32.2. The molecule has 0 amide bonds. The van der Waals surface area contributed by atoms with E-state index in [4.69, 9.17) is 9.47 Å². The van der Waals surface area contributed by atoms with Gasteiger partial charge in [0, 0.05) is 46.3 Å². The van der Waals surface area contributed by atoms with Gasteiger partial charge in [-0.2, -0.15) is 17.0 Å². The summed E-state index contributed by atoms with van der Waals surface area (Å²) in [5.41, 5.74) is -0.186. The first-order valence-corrected chi connectivity index (χ1v) is 8.10. The number of rotatable bonds is 4. The molecule has 7 heteroatoms. The maximum atomic E-state index is 12.3. The summed E-state index contributed by atoms with van der Waals surface area (Å²) >= 11 is 0. The molecule has 2 aliphatic heterocycles. The van der Waals surface area contributed by atoms with Gasteiger partial charge in [0.05, 0.1) is 12.7 Å². The molecule has 2 rings (SSSR count). The Hall–Kier alpha value is -0.210. The van der Waals surface area contributed by atoms with E-state index < -0.39 is 10.2 Å². The van der Waals surface area contributed by atoms with Crippen LogP contribution in [0.3, 0.4) is 0 Å². The van der Waals surface area contributed by atoms with E-state index in [-0.39, 0.29) is 11.5 Å². The van der Waals surface area contributed by atoms with Crippen LogP contribution in [0.1, 0.15) is 19.3 Å². The second-order valence-electron chi connectivity index (χ2n) is 5.67. The van der Waals surface area contributed by atoms with E-state index in [9.17, 15) is 8.42 Å². The van der Waals surface area contributed by atoms with Crippen molar-refractivity contribution in [1.29, 1.82) is 0 Å². The fourth-order valence-electron chi connectivity index (χ4n) is 3.18. The van der Waals surface area contributed by atoms with E-state index >= 15 is 0 Å². The Balaban J connectivity index is 2.21. The molecule has 0 N–H and O–H groups in total. The molecule has 0 aliphatic carbocycles. The third-order valence-corrected chi connectivity index (χ3v) is 6.06. The zero-order valence-corrected chi connectivity index (χ0v) is 12.8. The Morgan fingerprint density at radius 2 is 2.21 bits per heavy atom.